The zero-order chi connectivity index (χ0) is 23.1. The molecular formula is C26H24N4O3. The summed E-state index contributed by atoms with van der Waals surface area (Å²) in [5.74, 6) is -0.819. The smallest absolute Gasteiger partial charge is 0.248 e. The van der Waals surface area contributed by atoms with Crippen LogP contribution in [0, 0.1) is 10.1 Å². The van der Waals surface area contributed by atoms with Gasteiger partial charge in [0.2, 0.25) is 6.04 Å². The number of ketones is 1. The quantitative estimate of drug-likeness (QED) is 0.339. The van der Waals surface area contributed by atoms with Crippen LogP contribution in [0.4, 0.5) is 5.69 Å². The second kappa shape index (κ2) is 8.16. The van der Waals surface area contributed by atoms with E-state index in [0.29, 0.717) is 5.56 Å². The molecule has 2 heterocycles. The lowest BCUT2D eigenvalue weighted by atomic mass is 9.82. The van der Waals surface area contributed by atoms with Crippen LogP contribution < -0.4 is 4.90 Å². The zero-order valence-electron chi connectivity index (χ0n) is 18.4. The summed E-state index contributed by atoms with van der Waals surface area (Å²) in [5, 5.41) is 18.8. The predicted octanol–water partition coefficient (Wildman–Crippen LogP) is 4.14. The van der Waals surface area contributed by atoms with Gasteiger partial charge in [-0.2, -0.15) is 5.10 Å². The summed E-state index contributed by atoms with van der Waals surface area (Å²) >= 11 is 0. The van der Waals surface area contributed by atoms with E-state index in [1.54, 1.807) is 35.5 Å². The second-order valence-electron chi connectivity index (χ2n) is 8.66. The van der Waals surface area contributed by atoms with Gasteiger partial charge in [0, 0.05) is 35.8 Å². The van der Waals surface area contributed by atoms with Crippen LogP contribution in [-0.4, -0.2) is 48.1 Å². The van der Waals surface area contributed by atoms with Crippen LogP contribution in [0.15, 0.2) is 84.0 Å². The fourth-order valence-electron chi connectivity index (χ4n) is 5.05. The van der Waals surface area contributed by atoms with Gasteiger partial charge in [0.05, 0.1) is 12.1 Å². The largest absolute Gasteiger partial charge is 0.378 e. The average molecular weight is 441 g/mol. The van der Waals surface area contributed by atoms with Crippen molar-refractivity contribution in [3.8, 4) is 0 Å². The molecule has 7 heteroatoms. The van der Waals surface area contributed by atoms with Gasteiger partial charge in [0.25, 0.3) is 0 Å². The summed E-state index contributed by atoms with van der Waals surface area (Å²) in [7, 11) is 3.89. The Balaban J connectivity index is 1.68. The molecule has 0 spiro atoms. The van der Waals surface area contributed by atoms with Crippen molar-refractivity contribution >= 4 is 17.7 Å². The summed E-state index contributed by atoms with van der Waals surface area (Å²) in [5.41, 5.74) is 3.95. The lowest BCUT2D eigenvalue weighted by molar-refractivity contribution is -0.529. The highest BCUT2D eigenvalue weighted by Gasteiger charge is 2.60. The van der Waals surface area contributed by atoms with Crippen molar-refractivity contribution in [2.45, 2.75) is 24.0 Å². The molecule has 0 aliphatic carbocycles. The third-order valence-electron chi connectivity index (χ3n) is 6.61. The number of Topliss-reactive ketones (excluding diaryl/α,β-unsaturated/α-hetero) is 1. The molecule has 4 atom stereocenters. The molecule has 33 heavy (non-hydrogen) atoms. The van der Waals surface area contributed by atoms with Crippen LogP contribution in [-0.2, 0) is 0 Å². The highest BCUT2D eigenvalue weighted by molar-refractivity contribution is 6.01. The lowest BCUT2D eigenvalue weighted by Gasteiger charge is -2.30. The first-order valence-corrected chi connectivity index (χ1v) is 10.9. The third kappa shape index (κ3) is 3.46. The van der Waals surface area contributed by atoms with E-state index in [9.17, 15) is 14.9 Å². The van der Waals surface area contributed by atoms with E-state index in [2.05, 4.69) is 5.10 Å². The summed E-state index contributed by atoms with van der Waals surface area (Å²) in [6, 6.07) is 21.8. The molecule has 166 valence electrons. The van der Waals surface area contributed by atoms with Gasteiger partial charge in [-0.15, -0.1) is 0 Å². The summed E-state index contributed by atoms with van der Waals surface area (Å²) in [6.45, 7) is 0. The standard InChI is InChI=1S/C26H24N4O3/c1-28(2)20-14-12-17(13-15-20)22-24(30(32)33)23-21-11-7-6-10-19(21)16-27-29(23)25(22)26(31)18-8-4-3-5-9-18/h3-16,22-25H,1-2H3/t22-,23+,24+,25+/m1/s1. The van der Waals surface area contributed by atoms with Crippen molar-refractivity contribution in [1.82, 2.24) is 5.01 Å². The molecule has 1 fully saturated rings. The van der Waals surface area contributed by atoms with Gasteiger partial charge in [0.1, 0.15) is 12.1 Å². The van der Waals surface area contributed by atoms with Crippen LogP contribution in [0.1, 0.15) is 39.0 Å². The first-order valence-electron chi connectivity index (χ1n) is 10.9. The number of benzene rings is 3. The number of nitrogens with zero attached hydrogens (tertiary/aromatic N) is 4. The van der Waals surface area contributed by atoms with E-state index in [1.807, 2.05) is 73.6 Å². The second-order valence-corrected chi connectivity index (χ2v) is 8.66. The molecule has 0 aromatic heterocycles. The molecule has 0 amide bonds. The van der Waals surface area contributed by atoms with Gasteiger partial charge in [0.15, 0.2) is 5.78 Å². The Morgan fingerprint density at radius 2 is 1.64 bits per heavy atom. The van der Waals surface area contributed by atoms with Crippen LogP contribution in [0.25, 0.3) is 0 Å². The highest BCUT2D eigenvalue weighted by atomic mass is 16.6. The fraction of sp³-hybridized carbons (Fsp3) is 0.231. The van der Waals surface area contributed by atoms with E-state index < -0.39 is 24.0 Å². The maximum Gasteiger partial charge on any atom is 0.248 e. The Labute approximate surface area is 192 Å². The molecule has 7 nitrogen and oxygen atoms in total. The summed E-state index contributed by atoms with van der Waals surface area (Å²) in [6.07, 6.45) is 1.70. The maximum atomic E-state index is 13.8. The van der Waals surface area contributed by atoms with Crippen molar-refractivity contribution in [3.63, 3.8) is 0 Å². The number of fused-ring (bicyclic) bond motifs is 3. The highest BCUT2D eigenvalue weighted by Crippen LogP contribution is 2.49. The molecule has 2 aliphatic heterocycles. The summed E-state index contributed by atoms with van der Waals surface area (Å²) < 4.78 is 0. The van der Waals surface area contributed by atoms with Crippen molar-refractivity contribution in [2.24, 2.45) is 5.10 Å². The van der Waals surface area contributed by atoms with Gasteiger partial charge in [-0.3, -0.25) is 19.9 Å². The zero-order valence-corrected chi connectivity index (χ0v) is 18.4. The van der Waals surface area contributed by atoms with E-state index in [-0.39, 0.29) is 10.7 Å². The minimum absolute atomic E-state index is 0.164. The summed E-state index contributed by atoms with van der Waals surface area (Å²) in [4.78, 5) is 28.1. The Morgan fingerprint density at radius 3 is 2.30 bits per heavy atom. The lowest BCUT2D eigenvalue weighted by Crippen LogP contribution is -2.38. The minimum Gasteiger partial charge on any atom is -0.378 e. The number of hydrogen-bond acceptors (Lipinski definition) is 6. The van der Waals surface area contributed by atoms with Gasteiger partial charge in [-0.1, -0.05) is 66.7 Å². The van der Waals surface area contributed by atoms with Crippen LogP contribution in [0.3, 0.4) is 0 Å². The van der Waals surface area contributed by atoms with Gasteiger partial charge < -0.3 is 4.90 Å². The average Bonchev–Trinajstić information content (AvgIpc) is 3.20. The van der Waals surface area contributed by atoms with Crippen LogP contribution >= 0.6 is 0 Å². The van der Waals surface area contributed by atoms with Crippen molar-refractivity contribution < 1.29 is 9.72 Å². The molecule has 0 saturated carbocycles. The monoisotopic (exact) mass is 440 g/mol. The Hall–Kier alpha value is -4.00. The SMILES string of the molecule is CN(C)c1ccc([C@@H]2[C@H]([N+](=O)[O-])[C@@H]3c4ccccc4C=NN3[C@@H]2C(=O)c2ccccc2)cc1. The van der Waals surface area contributed by atoms with Crippen molar-refractivity contribution in [2.75, 3.05) is 19.0 Å². The van der Waals surface area contributed by atoms with E-state index >= 15 is 0 Å². The maximum absolute atomic E-state index is 13.8. The van der Waals surface area contributed by atoms with E-state index in [1.165, 1.54) is 0 Å². The molecule has 0 bridgehead atoms. The molecule has 1 saturated heterocycles. The predicted molar refractivity (Wildman–Crippen MR) is 127 cm³/mol. The van der Waals surface area contributed by atoms with Gasteiger partial charge in [-0.05, 0) is 23.3 Å². The number of rotatable bonds is 5. The van der Waals surface area contributed by atoms with Crippen molar-refractivity contribution in [3.05, 3.63) is 111 Å². The Bertz CT molecular complexity index is 1220. The topological polar surface area (TPSA) is 79.0 Å². The van der Waals surface area contributed by atoms with Crippen LogP contribution in [0.2, 0.25) is 0 Å². The Kier molecular flexibility index (Phi) is 5.17. The van der Waals surface area contributed by atoms with Crippen LogP contribution in [0.5, 0.6) is 0 Å². The first kappa shape index (κ1) is 20.9. The number of carbonyl (C=O) groups is 1. The molecule has 3 aromatic rings. The molecule has 3 aromatic carbocycles. The van der Waals surface area contributed by atoms with Gasteiger partial charge in [-0.25, -0.2) is 0 Å². The van der Waals surface area contributed by atoms with Gasteiger partial charge >= 0.3 is 0 Å². The third-order valence-corrected chi connectivity index (χ3v) is 6.61. The number of hydrogen-bond donors (Lipinski definition) is 0. The molecule has 5 rings (SSSR count). The molecule has 2 aliphatic rings. The van der Waals surface area contributed by atoms with E-state index in [4.69, 9.17) is 0 Å². The normalized spacial score (nSPS) is 23.0. The molecule has 0 N–H and O–H groups in total. The number of carbonyl (C=O) groups excluding carboxylic acids is 1. The number of nitro groups is 1. The van der Waals surface area contributed by atoms with E-state index in [0.717, 1.165) is 22.4 Å². The fourth-order valence-corrected chi connectivity index (χ4v) is 5.05. The molecular weight excluding hydrogens is 416 g/mol. The Morgan fingerprint density at radius 1 is 0.970 bits per heavy atom. The van der Waals surface area contributed by atoms with Crippen molar-refractivity contribution in [1.29, 1.82) is 0 Å². The number of hydrazone groups is 1. The molecule has 0 unspecified atom stereocenters. The first-order chi connectivity index (χ1) is 16.0. The minimum atomic E-state index is -1.02. The molecule has 0 radical (unpaired) electrons. The number of anilines is 1.